The number of carbonyl (C=O) groups excluding carboxylic acids is 2. The number of benzene rings is 1. The number of carbonyl (C=O) groups is 2. The van der Waals surface area contributed by atoms with Gasteiger partial charge in [0.05, 0.1) is 17.3 Å². The molecule has 1 amide bonds. The van der Waals surface area contributed by atoms with Crippen molar-refractivity contribution in [2.24, 2.45) is 7.05 Å². The van der Waals surface area contributed by atoms with E-state index in [1.54, 1.807) is 24.1 Å². The Bertz CT molecular complexity index is 940. The molecule has 0 spiro atoms. The van der Waals surface area contributed by atoms with Crippen molar-refractivity contribution in [3.8, 4) is 0 Å². The van der Waals surface area contributed by atoms with E-state index in [0.717, 1.165) is 18.2 Å². The highest BCUT2D eigenvalue weighted by molar-refractivity contribution is 6.06. The predicted molar refractivity (Wildman–Crippen MR) is 92.4 cm³/mol. The number of hydrogen-bond acceptors (Lipinski definition) is 4. The lowest BCUT2D eigenvalue weighted by atomic mass is 10.0. The molecule has 0 N–H and O–H groups in total. The lowest BCUT2D eigenvalue weighted by Gasteiger charge is -2.23. The van der Waals surface area contributed by atoms with E-state index in [9.17, 15) is 9.59 Å². The summed E-state index contributed by atoms with van der Waals surface area (Å²) in [5.41, 5.74) is 1.86. The van der Waals surface area contributed by atoms with Gasteiger partial charge in [-0.15, -0.1) is 0 Å². The third-order valence-corrected chi connectivity index (χ3v) is 4.80. The molecule has 4 rings (SSSR count). The number of para-hydroxylation sites is 1. The number of aromatic nitrogens is 2. The molecule has 6 heteroatoms. The minimum atomic E-state index is -0.0751. The maximum atomic E-state index is 13.0. The first kappa shape index (κ1) is 15.6. The molecule has 1 unspecified atom stereocenters. The number of amides is 1. The van der Waals surface area contributed by atoms with Gasteiger partial charge in [-0.2, -0.15) is 5.10 Å². The van der Waals surface area contributed by atoms with E-state index in [4.69, 9.17) is 4.42 Å². The number of Topliss-reactive ketones (excluding diaryl/α,β-unsaturated/α-hetero) is 1. The molecule has 1 fully saturated rings. The lowest BCUT2D eigenvalue weighted by Crippen LogP contribution is -2.36. The summed E-state index contributed by atoms with van der Waals surface area (Å²) >= 11 is 0. The van der Waals surface area contributed by atoms with Crippen molar-refractivity contribution in [3.05, 3.63) is 54.0 Å². The Morgan fingerprint density at radius 3 is 2.96 bits per heavy atom. The normalized spacial score (nSPS) is 17.3. The molecule has 3 aromatic rings. The Labute approximate surface area is 145 Å². The van der Waals surface area contributed by atoms with E-state index in [1.165, 1.54) is 6.26 Å². The molecule has 1 atom stereocenters. The van der Waals surface area contributed by atoms with Gasteiger partial charge < -0.3 is 9.32 Å². The Morgan fingerprint density at radius 2 is 2.16 bits per heavy atom. The number of fused-ring (bicyclic) bond motifs is 1. The molecule has 6 nitrogen and oxygen atoms in total. The van der Waals surface area contributed by atoms with Gasteiger partial charge in [0.25, 0.3) is 5.91 Å². The summed E-state index contributed by atoms with van der Waals surface area (Å²) in [6.45, 7) is 0.670. The predicted octanol–water partition coefficient (Wildman–Crippen LogP) is 3.04. The summed E-state index contributed by atoms with van der Waals surface area (Å²) in [4.78, 5) is 27.3. The average molecular weight is 337 g/mol. The molecule has 128 valence electrons. The van der Waals surface area contributed by atoms with Gasteiger partial charge in [-0.3, -0.25) is 14.3 Å². The summed E-state index contributed by atoms with van der Waals surface area (Å²) in [5.74, 6) is -0.0405. The molecule has 1 aliphatic rings. The monoisotopic (exact) mass is 337 g/mol. The maximum absolute atomic E-state index is 13.0. The number of nitrogens with zero attached hydrogens (tertiary/aromatic N) is 3. The van der Waals surface area contributed by atoms with E-state index in [2.05, 4.69) is 5.10 Å². The quantitative estimate of drug-likeness (QED) is 0.686. The third kappa shape index (κ3) is 2.84. The van der Waals surface area contributed by atoms with Crippen LogP contribution in [0.15, 0.2) is 47.3 Å². The van der Waals surface area contributed by atoms with Gasteiger partial charge >= 0.3 is 0 Å². The molecule has 0 bridgehead atoms. The molecular weight excluding hydrogens is 318 g/mol. The molecule has 1 aromatic carbocycles. The summed E-state index contributed by atoms with van der Waals surface area (Å²) in [5, 5.41) is 4.86. The fourth-order valence-corrected chi connectivity index (χ4v) is 3.51. The van der Waals surface area contributed by atoms with Gasteiger partial charge in [0.1, 0.15) is 11.8 Å². The van der Waals surface area contributed by atoms with Gasteiger partial charge in [-0.05, 0) is 18.9 Å². The second-order valence-corrected chi connectivity index (χ2v) is 6.47. The van der Waals surface area contributed by atoms with Crippen molar-refractivity contribution in [3.63, 3.8) is 0 Å². The first-order chi connectivity index (χ1) is 12.1. The van der Waals surface area contributed by atoms with E-state index >= 15 is 0 Å². The summed E-state index contributed by atoms with van der Waals surface area (Å²) < 4.78 is 7.11. The van der Waals surface area contributed by atoms with Gasteiger partial charge in [-0.1, -0.05) is 18.2 Å². The smallest absolute Gasteiger partial charge is 0.258 e. The number of ketones is 1. The molecule has 1 saturated heterocycles. The van der Waals surface area contributed by atoms with Crippen LogP contribution in [0.5, 0.6) is 0 Å². The Hall–Kier alpha value is -2.89. The number of hydrogen-bond donors (Lipinski definition) is 0. The summed E-state index contributed by atoms with van der Waals surface area (Å²) in [6, 6.07) is 7.43. The van der Waals surface area contributed by atoms with Crippen LogP contribution in [0.3, 0.4) is 0 Å². The van der Waals surface area contributed by atoms with Crippen LogP contribution in [0.4, 0.5) is 0 Å². The number of likely N-dealkylation sites (tertiary alicyclic amines) is 1. The second kappa shape index (κ2) is 6.20. The highest BCUT2D eigenvalue weighted by Crippen LogP contribution is 2.28. The molecule has 0 radical (unpaired) electrons. The van der Waals surface area contributed by atoms with Gasteiger partial charge in [-0.25, -0.2) is 0 Å². The molecule has 25 heavy (non-hydrogen) atoms. The van der Waals surface area contributed by atoms with E-state index in [-0.39, 0.29) is 17.7 Å². The Morgan fingerprint density at radius 1 is 1.32 bits per heavy atom. The van der Waals surface area contributed by atoms with Crippen LogP contribution in [0, 0.1) is 0 Å². The fraction of sp³-hybridized carbons (Fsp3) is 0.316. The minimum absolute atomic E-state index is 0.0230. The zero-order chi connectivity index (χ0) is 17.4. The van der Waals surface area contributed by atoms with Crippen LogP contribution >= 0.6 is 0 Å². The van der Waals surface area contributed by atoms with Gasteiger partial charge in [0.15, 0.2) is 5.78 Å². The van der Waals surface area contributed by atoms with Gasteiger partial charge in [0, 0.05) is 37.6 Å². The highest BCUT2D eigenvalue weighted by atomic mass is 16.3. The standard InChI is InChI=1S/C19H19N3O3/c1-21-11-13(10-20-21)17(23)9-14-5-4-8-22(14)19(24)16-12-25-18-7-3-2-6-15(16)18/h2-3,6-7,10-12,14H,4-5,8-9H2,1H3. The van der Waals surface area contributed by atoms with Crippen LogP contribution < -0.4 is 0 Å². The second-order valence-electron chi connectivity index (χ2n) is 6.47. The molecular formula is C19H19N3O3. The van der Waals surface area contributed by atoms with E-state index in [1.807, 2.05) is 29.2 Å². The molecule has 2 aromatic heterocycles. The largest absolute Gasteiger partial charge is 0.463 e. The number of rotatable bonds is 4. The topological polar surface area (TPSA) is 68.3 Å². The third-order valence-electron chi connectivity index (χ3n) is 4.80. The number of furan rings is 1. The van der Waals surface area contributed by atoms with Crippen molar-refractivity contribution in [2.45, 2.75) is 25.3 Å². The Kier molecular flexibility index (Phi) is 3.87. The van der Waals surface area contributed by atoms with Gasteiger partial charge in [0.2, 0.25) is 0 Å². The van der Waals surface area contributed by atoms with Crippen LogP contribution in [-0.2, 0) is 7.05 Å². The van der Waals surface area contributed by atoms with Crippen molar-refractivity contribution in [1.82, 2.24) is 14.7 Å². The van der Waals surface area contributed by atoms with Crippen LogP contribution in [0.2, 0.25) is 0 Å². The first-order valence-corrected chi connectivity index (χ1v) is 8.42. The van der Waals surface area contributed by atoms with Crippen LogP contribution in [0.1, 0.15) is 40.0 Å². The molecule has 1 aliphatic heterocycles. The van der Waals surface area contributed by atoms with E-state index in [0.29, 0.717) is 29.7 Å². The maximum Gasteiger partial charge on any atom is 0.258 e. The summed E-state index contributed by atoms with van der Waals surface area (Å²) in [6.07, 6.45) is 6.89. The Balaban J connectivity index is 1.55. The zero-order valence-corrected chi connectivity index (χ0v) is 14.0. The summed E-state index contributed by atoms with van der Waals surface area (Å²) in [7, 11) is 1.78. The zero-order valence-electron chi connectivity index (χ0n) is 14.0. The molecule has 0 aliphatic carbocycles. The van der Waals surface area contributed by atoms with Crippen molar-refractivity contribution in [2.75, 3.05) is 6.54 Å². The first-order valence-electron chi connectivity index (χ1n) is 8.42. The molecule has 3 heterocycles. The van der Waals surface area contributed by atoms with Crippen molar-refractivity contribution < 1.29 is 14.0 Å². The number of aryl methyl sites for hydroxylation is 1. The average Bonchev–Trinajstić information content (AvgIpc) is 3.33. The minimum Gasteiger partial charge on any atom is -0.463 e. The van der Waals surface area contributed by atoms with Crippen LogP contribution in [0.25, 0.3) is 11.0 Å². The van der Waals surface area contributed by atoms with Crippen molar-refractivity contribution in [1.29, 1.82) is 0 Å². The fourth-order valence-electron chi connectivity index (χ4n) is 3.51. The highest BCUT2D eigenvalue weighted by Gasteiger charge is 2.32. The SMILES string of the molecule is Cn1cc(C(=O)CC2CCCN2C(=O)c2coc3ccccc23)cn1. The van der Waals surface area contributed by atoms with E-state index < -0.39 is 0 Å². The van der Waals surface area contributed by atoms with Crippen LogP contribution in [-0.4, -0.2) is 39.0 Å². The lowest BCUT2D eigenvalue weighted by molar-refractivity contribution is 0.0718. The van der Waals surface area contributed by atoms with Crippen molar-refractivity contribution >= 4 is 22.7 Å². The molecule has 0 saturated carbocycles.